The maximum atomic E-state index is 11.7. The lowest BCUT2D eigenvalue weighted by molar-refractivity contribution is -0.117. The number of anilines is 2. The summed E-state index contributed by atoms with van der Waals surface area (Å²) in [5.41, 5.74) is 2.03. The number of benzene rings is 1. The SMILES string of the molecule is O=C(Nc1cccc(NC2CCSCC2)c1)C1CC1. The summed E-state index contributed by atoms with van der Waals surface area (Å²) in [6.07, 6.45) is 4.54. The molecule has 3 nitrogen and oxygen atoms in total. The molecule has 2 fully saturated rings. The van der Waals surface area contributed by atoms with Crippen molar-refractivity contribution < 1.29 is 4.79 Å². The van der Waals surface area contributed by atoms with Crippen LogP contribution in [0.4, 0.5) is 11.4 Å². The van der Waals surface area contributed by atoms with E-state index in [0.29, 0.717) is 6.04 Å². The van der Waals surface area contributed by atoms with E-state index in [1.54, 1.807) is 0 Å². The Morgan fingerprint density at radius 1 is 1.11 bits per heavy atom. The summed E-state index contributed by atoms with van der Waals surface area (Å²) >= 11 is 2.03. The summed E-state index contributed by atoms with van der Waals surface area (Å²) in [5, 5.41) is 6.57. The fourth-order valence-electron chi connectivity index (χ4n) is 2.35. The lowest BCUT2D eigenvalue weighted by Crippen LogP contribution is -2.24. The van der Waals surface area contributed by atoms with Crippen molar-refractivity contribution in [2.45, 2.75) is 31.7 Å². The number of thioether (sulfide) groups is 1. The van der Waals surface area contributed by atoms with E-state index in [1.807, 2.05) is 30.0 Å². The molecule has 0 unspecified atom stereocenters. The zero-order chi connectivity index (χ0) is 13.1. The molecule has 1 aliphatic heterocycles. The minimum atomic E-state index is 0.172. The van der Waals surface area contributed by atoms with E-state index in [2.05, 4.69) is 16.7 Å². The quantitative estimate of drug-likeness (QED) is 0.886. The third kappa shape index (κ3) is 3.66. The number of rotatable bonds is 4. The molecule has 1 aromatic rings. The van der Waals surface area contributed by atoms with Gasteiger partial charge in [0.05, 0.1) is 0 Å². The second kappa shape index (κ2) is 5.87. The minimum absolute atomic E-state index is 0.172. The Labute approximate surface area is 118 Å². The molecule has 1 saturated carbocycles. The first-order chi connectivity index (χ1) is 9.31. The van der Waals surface area contributed by atoms with Crippen LogP contribution in [-0.4, -0.2) is 23.5 Å². The van der Waals surface area contributed by atoms with Crippen molar-refractivity contribution >= 4 is 29.0 Å². The first-order valence-corrected chi connectivity index (χ1v) is 8.22. The molecule has 0 bridgehead atoms. The van der Waals surface area contributed by atoms with E-state index in [9.17, 15) is 4.79 Å². The van der Waals surface area contributed by atoms with Crippen molar-refractivity contribution in [1.82, 2.24) is 0 Å². The second-order valence-corrected chi connectivity index (χ2v) is 6.60. The Morgan fingerprint density at radius 2 is 1.84 bits per heavy atom. The standard InChI is InChI=1S/C15H20N2OS/c18-15(11-4-5-11)17-14-3-1-2-13(10-14)16-12-6-8-19-9-7-12/h1-3,10-12,16H,4-9H2,(H,17,18). The molecular formula is C15H20N2OS. The molecule has 1 heterocycles. The number of nitrogens with one attached hydrogen (secondary N) is 2. The molecule has 0 atom stereocenters. The largest absolute Gasteiger partial charge is 0.382 e. The highest BCUT2D eigenvalue weighted by molar-refractivity contribution is 7.99. The van der Waals surface area contributed by atoms with Crippen molar-refractivity contribution in [2.75, 3.05) is 22.1 Å². The van der Waals surface area contributed by atoms with Gasteiger partial charge < -0.3 is 10.6 Å². The summed E-state index contributed by atoms with van der Waals surface area (Å²) in [6, 6.07) is 8.66. The molecule has 1 amide bonds. The Kier molecular flexibility index (Phi) is 3.97. The average Bonchev–Trinajstić information content (AvgIpc) is 3.24. The maximum Gasteiger partial charge on any atom is 0.227 e. The van der Waals surface area contributed by atoms with Crippen LogP contribution in [0.2, 0.25) is 0 Å². The summed E-state index contributed by atoms with van der Waals surface area (Å²) in [6.45, 7) is 0. The van der Waals surface area contributed by atoms with Crippen LogP contribution < -0.4 is 10.6 Å². The van der Waals surface area contributed by atoms with Gasteiger partial charge in [0.2, 0.25) is 5.91 Å². The van der Waals surface area contributed by atoms with Crippen LogP contribution in [0.1, 0.15) is 25.7 Å². The van der Waals surface area contributed by atoms with E-state index in [4.69, 9.17) is 0 Å². The number of amides is 1. The molecule has 1 saturated heterocycles. The lowest BCUT2D eigenvalue weighted by atomic mass is 10.1. The van der Waals surface area contributed by atoms with E-state index in [-0.39, 0.29) is 11.8 Å². The first-order valence-electron chi connectivity index (χ1n) is 7.06. The molecule has 0 radical (unpaired) electrons. The fourth-order valence-corrected chi connectivity index (χ4v) is 3.46. The van der Waals surface area contributed by atoms with Gasteiger partial charge in [-0.3, -0.25) is 4.79 Å². The van der Waals surface area contributed by atoms with E-state index in [0.717, 1.165) is 24.2 Å². The van der Waals surface area contributed by atoms with Crippen molar-refractivity contribution in [3.63, 3.8) is 0 Å². The number of hydrogen-bond donors (Lipinski definition) is 2. The Balaban J connectivity index is 1.60. The van der Waals surface area contributed by atoms with E-state index < -0.39 is 0 Å². The van der Waals surface area contributed by atoms with Crippen molar-refractivity contribution in [2.24, 2.45) is 5.92 Å². The molecule has 2 N–H and O–H groups in total. The molecule has 1 aliphatic carbocycles. The highest BCUT2D eigenvalue weighted by Crippen LogP contribution is 2.30. The van der Waals surface area contributed by atoms with Gasteiger partial charge in [-0.05, 0) is 55.4 Å². The van der Waals surface area contributed by atoms with Gasteiger partial charge in [-0.1, -0.05) is 6.07 Å². The molecule has 0 aromatic heterocycles. The van der Waals surface area contributed by atoms with Gasteiger partial charge >= 0.3 is 0 Å². The van der Waals surface area contributed by atoms with Crippen molar-refractivity contribution in [3.05, 3.63) is 24.3 Å². The monoisotopic (exact) mass is 276 g/mol. The van der Waals surface area contributed by atoms with E-state index in [1.165, 1.54) is 24.3 Å². The highest BCUT2D eigenvalue weighted by Gasteiger charge is 2.29. The summed E-state index contributed by atoms with van der Waals surface area (Å²) in [4.78, 5) is 11.7. The highest BCUT2D eigenvalue weighted by atomic mass is 32.2. The van der Waals surface area contributed by atoms with Gasteiger partial charge in [-0.2, -0.15) is 11.8 Å². The molecule has 4 heteroatoms. The number of carbonyl (C=O) groups is 1. The van der Waals surface area contributed by atoms with Crippen LogP contribution in [0.25, 0.3) is 0 Å². The predicted octanol–water partition coefficient (Wildman–Crippen LogP) is 3.34. The topological polar surface area (TPSA) is 41.1 Å². The fraction of sp³-hybridized carbons (Fsp3) is 0.533. The number of hydrogen-bond acceptors (Lipinski definition) is 3. The maximum absolute atomic E-state index is 11.7. The summed E-state index contributed by atoms with van der Waals surface area (Å²) in [7, 11) is 0. The summed E-state index contributed by atoms with van der Waals surface area (Å²) in [5.74, 6) is 2.92. The molecule has 102 valence electrons. The van der Waals surface area contributed by atoms with Crippen LogP contribution in [0.3, 0.4) is 0 Å². The van der Waals surface area contributed by atoms with Gasteiger partial charge in [0, 0.05) is 23.3 Å². The second-order valence-electron chi connectivity index (χ2n) is 5.38. The minimum Gasteiger partial charge on any atom is -0.382 e. The summed E-state index contributed by atoms with van der Waals surface area (Å²) < 4.78 is 0. The van der Waals surface area contributed by atoms with Crippen molar-refractivity contribution in [1.29, 1.82) is 0 Å². The van der Waals surface area contributed by atoms with Crippen LogP contribution in [0.5, 0.6) is 0 Å². The van der Waals surface area contributed by atoms with Gasteiger partial charge in [0.15, 0.2) is 0 Å². The van der Waals surface area contributed by atoms with Crippen LogP contribution in [0, 0.1) is 5.92 Å². The van der Waals surface area contributed by atoms with Gasteiger partial charge in [0.25, 0.3) is 0 Å². The lowest BCUT2D eigenvalue weighted by Gasteiger charge is -2.23. The number of carbonyl (C=O) groups excluding carboxylic acids is 1. The first kappa shape index (κ1) is 12.9. The zero-order valence-corrected chi connectivity index (χ0v) is 11.8. The molecule has 1 aromatic carbocycles. The Bertz CT molecular complexity index is 453. The van der Waals surface area contributed by atoms with Crippen LogP contribution >= 0.6 is 11.8 Å². The van der Waals surface area contributed by atoms with Gasteiger partial charge in [-0.25, -0.2) is 0 Å². The van der Waals surface area contributed by atoms with Crippen LogP contribution in [-0.2, 0) is 4.79 Å². The Morgan fingerprint density at radius 3 is 2.58 bits per heavy atom. The third-order valence-electron chi connectivity index (χ3n) is 3.67. The molecule has 2 aliphatic rings. The van der Waals surface area contributed by atoms with Crippen LogP contribution in [0.15, 0.2) is 24.3 Å². The third-order valence-corrected chi connectivity index (χ3v) is 4.72. The van der Waals surface area contributed by atoms with Gasteiger partial charge in [-0.15, -0.1) is 0 Å². The van der Waals surface area contributed by atoms with Crippen molar-refractivity contribution in [3.8, 4) is 0 Å². The predicted molar refractivity (Wildman–Crippen MR) is 81.8 cm³/mol. The molecule has 19 heavy (non-hydrogen) atoms. The molecule has 0 spiro atoms. The molecular weight excluding hydrogens is 256 g/mol. The Hall–Kier alpha value is -1.16. The normalized spacial score (nSPS) is 20.0. The zero-order valence-electron chi connectivity index (χ0n) is 11.0. The average molecular weight is 276 g/mol. The smallest absolute Gasteiger partial charge is 0.227 e. The molecule has 3 rings (SSSR count). The van der Waals surface area contributed by atoms with Gasteiger partial charge in [0.1, 0.15) is 0 Å². The van der Waals surface area contributed by atoms with E-state index >= 15 is 0 Å².